The lowest BCUT2D eigenvalue weighted by molar-refractivity contribution is 0.281. The van der Waals surface area contributed by atoms with Crippen LogP contribution in [0.15, 0.2) is 36.4 Å². The third-order valence-corrected chi connectivity index (χ3v) is 2.64. The molecule has 76 valence electrons. The molecule has 0 radical (unpaired) electrons. The Morgan fingerprint density at radius 1 is 1.50 bits per heavy atom. The molecular formula is C12H15ClO. The van der Waals surface area contributed by atoms with Gasteiger partial charge in [0.15, 0.2) is 0 Å². The van der Waals surface area contributed by atoms with Gasteiger partial charge in [-0.15, -0.1) is 0 Å². The summed E-state index contributed by atoms with van der Waals surface area (Å²) in [5, 5.41) is 9.70. The van der Waals surface area contributed by atoms with Crippen molar-refractivity contribution < 1.29 is 5.11 Å². The molecule has 1 aromatic carbocycles. The first-order valence-corrected chi connectivity index (χ1v) is 5.05. The number of rotatable bonds is 4. The summed E-state index contributed by atoms with van der Waals surface area (Å²) in [6.07, 6.45) is 0.680. The Balaban J connectivity index is 2.99. The van der Waals surface area contributed by atoms with Crippen LogP contribution >= 0.6 is 11.6 Å². The molecule has 1 rings (SSSR count). The molecule has 0 aliphatic rings. The van der Waals surface area contributed by atoms with Crippen LogP contribution in [0.25, 0.3) is 0 Å². The summed E-state index contributed by atoms with van der Waals surface area (Å²) in [6.45, 7) is 6.04. The van der Waals surface area contributed by atoms with Crippen molar-refractivity contribution in [2.45, 2.75) is 19.3 Å². The maximum Gasteiger partial charge on any atom is 0.0444 e. The van der Waals surface area contributed by atoms with E-state index in [0.717, 1.165) is 16.2 Å². The molecule has 0 aromatic heterocycles. The Morgan fingerprint density at radius 2 is 2.14 bits per heavy atom. The van der Waals surface area contributed by atoms with Gasteiger partial charge in [-0.1, -0.05) is 42.0 Å². The van der Waals surface area contributed by atoms with Crippen LogP contribution < -0.4 is 0 Å². The zero-order chi connectivity index (χ0) is 10.6. The van der Waals surface area contributed by atoms with Crippen LogP contribution in [-0.2, 0) is 0 Å². The highest BCUT2D eigenvalue weighted by atomic mass is 35.5. The number of halogens is 1. The summed E-state index contributed by atoms with van der Waals surface area (Å²) in [6, 6.07) is 7.70. The van der Waals surface area contributed by atoms with Gasteiger partial charge in [0.05, 0.1) is 0 Å². The normalized spacial score (nSPS) is 12.5. The predicted octanol–water partition coefficient (Wildman–Crippen LogP) is 3.38. The van der Waals surface area contributed by atoms with Crippen LogP contribution in [0.4, 0.5) is 0 Å². The van der Waals surface area contributed by atoms with E-state index in [1.165, 1.54) is 0 Å². The highest BCUT2D eigenvalue weighted by Crippen LogP contribution is 2.31. The molecule has 0 saturated carbocycles. The average molecular weight is 211 g/mol. The van der Waals surface area contributed by atoms with Gasteiger partial charge >= 0.3 is 0 Å². The fourth-order valence-electron chi connectivity index (χ4n) is 1.55. The van der Waals surface area contributed by atoms with Crippen molar-refractivity contribution in [1.29, 1.82) is 0 Å². The Labute approximate surface area is 90.0 Å². The van der Waals surface area contributed by atoms with Crippen molar-refractivity contribution in [2.75, 3.05) is 6.61 Å². The van der Waals surface area contributed by atoms with Gasteiger partial charge in [0.25, 0.3) is 0 Å². The molecule has 0 amide bonds. The zero-order valence-electron chi connectivity index (χ0n) is 8.33. The van der Waals surface area contributed by atoms with E-state index in [9.17, 15) is 0 Å². The summed E-state index contributed by atoms with van der Waals surface area (Å²) >= 11 is 6.08. The molecule has 0 fully saturated rings. The first kappa shape index (κ1) is 11.3. The summed E-state index contributed by atoms with van der Waals surface area (Å²) in [7, 11) is 0. The monoisotopic (exact) mass is 210 g/mol. The van der Waals surface area contributed by atoms with E-state index < -0.39 is 0 Å². The van der Waals surface area contributed by atoms with Crippen LogP contribution in [0.3, 0.4) is 0 Å². The third-order valence-electron chi connectivity index (χ3n) is 2.29. The second-order valence-electron chi connectivity index (χ2n) is 3.43. The lowest BCUT2D eigenvalue weighted by Crippen LogP contribution is -2.03. The number of hydrogen-bond acceptors (Lipinski definition) is 1. The van der Waals surface area contributed by atoms with Gasteiger partial charge in [-0.3, -0.25) is 0 Å². The first-order chi connectivity index (χ1) is 6.66. The predicted molar refractivity (Wildman–Crippen MR) is 60.7 cm³/mol. The smallest absolute Gasteiger partial charge is 0.0444 e. The minimum absolute atomic E-state index is 0.156. The van der Waals surface area contributed by atoms with E-state index in [2.05, 4.69) is 6.58 Å². The van der Waals surface area contributed by atoms with Crippen molar-refractivity contribution in [3.63, 3.8) is 0 Å². The van der Waals surface area contributed by atoms with Gasteiger partial charge in [-0.05, 0) is 25.0 Å². The molecule has 0 spiro atoms. The highest BCUT2D eigenvalue weighted by molar-refractivity contribution is 6.31. The lowest BCUT2D eigenvalue weighted by atomic mass is 9.90. The Bertz CT molecular complexity index is 320. The number of hydrogen-bond donors (Lipinski definition) is 1. The molecule has 1 nitrogen and oxygen atoms in total. The van der Waals surface area contributed by atoms with E-state index in [0.29, 0.717) is 6.42 Å². The van der Waals surface area contributed by atoms with Crippen molar-refractivity contribution in [3.8, 4) is 0 Å². The lowest BCUT2D eigenvalue weighted by Gasteiger charge is -2.17. The van der Waals surface area contributed by atoms with Gasteiger partial charge in [0.2, 0.25) is 0 Å². The molecule has 1 atom stereocenters. The average Bonchev–Trinajstić information content (AvgIpc) is 2.15. The zero-order valence-corrected chi connectivity index (χ0v) is 9.09. The van der Waals surface area contributed by atoms with E-state index in [4.69, 9.17) is 16.7 Å². The van der Waals surface area contributed by atoms with E-state index in [1.807, 2.05) is 31.2 Å². The van der Waals surface area contributed by atoms with Crippen molar-refractivity contribution in [2.24, 2.45) is 0 Å². The van der Waals surface area contributed by atoms with Crippen LogP contribution in [0.5, 0.6) is 0 Å². The van der Waals surface area contributed by atoms with Gasteiger partial charge in [0, 0.05) is 17.5 Å². The topological polar surface area (TPSA) is 20.2 Å². The summed E-state index contributed by atoms with van der Waals surface area (Å²) in [5.74, 6) is 0.161. The number of benzene rings is 1. The van der Waals surface area contributed by atoms with Crippen LogP contribution in [0.1, 0.15) is 24.8 Å². The molecule has 1 unspecified atom stereocenters. The van der Waals surface area contributed by atoms with Gasteiger partial charge < -0.3 is 5.11 Å². The molecule has 2 heteroatoms. The number of allylic oxidation sites excluding steroid dienone is 1. The molecular weight excluding hydrogens is 196 g/mol. The van der Waals surface area contributed by atoms with Gasteiger partial charge in [-0.25, -0.2) is 0 Å². The van der Waals surface area contributed by atoms with Crippen molar-refractivity contribution in [1.82, 2.24) is 0 Å². The molecule has 0 saturated heterocycles. The Hall–Kier alpha value is -0.790. The molecule has 14 heavy (non-hydrogen) atoms. The first-order valence-electron chi connectivity index (χ1n) is 4.67. The second-order valence-corrected chi connectivity index (χ2v) is 3.84. The van der Waals surface area contributed by atoms with Gasteiger partial charge in [0.1, 0.15) is 0 Å². The van der Waals surface area contributed by atoms with Crippen LogP contribution in [0.2, 0.25) is 5.02 Å². The molecule has 0 aliphatic carbocycles. The number of aliphatic hydroxyl groups excluding tert-OH is 1. The van der Waals surface area contributed by atoms with E-state index >= 15 is 0 Å². The fourth-order valence-corrected chi connectivity index (χ4v) is 1.82. The summed E-state index contributed by atoms with van der Waals surface area (Å²) in [5.41, 5.74) is 2.09. The molecule has 0 bridgehead atoms. The SMILES string of the molecule is C=C(C)C(CCO)c1ccccc1Cl. The molecule has 0 heterocycles. The van der Waals surface area contributed by atoms with Crippen LogP contribution in [0, 0.1) is 0 Å². The summed E-state index contributed by atoms with van der Waals surface area (Å²) in [4.78, 5) is 0. The van der Waals surface area contributed by atoms with E-state index in [1.54, 1.807) is 0 Å². The van der Waals surface area contributed by atoms with Gasteiger partial charge in [-0.2, -0.15) is 0 Å². The minimum atomic E-state index is 0.156. The molecule has 1 aromatic rings. The quantitative estimate of drug-likeness (QED) is 0.756. The Kier molecular flexibility index (Phi) is 4.18. The maximum absolute atomic E-state index is 8.95. The molecule has 0 aliphatic heterocycles. The summed E-state index contributed by atoms with van der Waals surface area (Å²) < 4.78 is 0. The standard InChI is InChI=1S/C12H15ClO/c1-9(2)10(7-8-14)11-5-3-4-6-12(11)13/h3-6,10,14H,1,7-8H2,2H3. The van der Waals surface area contributed by atoms with E-state index in [-0.39, 0.29) is 12.5 Å². The van der Waals surface area contributed by atoms with Crippen molar-refractivity contribution in [3.05, 3.63) is 47.0 Å². The second kappa shape index (κ2) is 5.18. The fraction of sp³-hybridized carbons (Fsp3) is 0.333. The number of aliphatic hydroxyl groups is 1. The van der Waals surface area contributed by atoms with Crippen molar-refractivity contribution >= 4 is 11.6 Å². The highest BCUT2D eigenvalue weighted by Gasteiger charge is 2.14. The van der Waals surface area contributed by atoms with Crippen LogP contribution in [-0.4, -0.2) is 11.7 Å². The Morgan fingerprint density at radius 3 is 2.64 bits per heavy atom. The largest absolute Gasteiger partial charge is 0.396 e. The minimum Gasteiger partial charge on any atom is -0.396 e. The third kappa shape index (κ3) is 2.60. The molecule has 1 N–H and O–H groups in total. The maximum atomic E-state index is 8.95.